The Balaban J connectivity index is 3.39. The number of hydrogen-bond donors (Lipinski definition) is 0. The molecule has 0 heterocycles. The molecule has 0 fully saturated rings. The Bertz CT molecular complexity index is 137. The predicted molar refractivity (Wildman–Crippen MR) is 31.8 cm³/mol. The molecular formula is C6H8O3. The number of Topliss-reactive ketones (excluding diaryl/α,β-unsaturated/α-hetero) is 1. The topological polar surface area (TPSA) is 43.4 Å². The predicted octanol–water partition coefficient (Wildman–Crippen LogP) is 0.305. The number of ketones is 1. The first-order valence-corrected chi connectivity index (χ1v) is 2.45. The van der Waals surface area contributed by atoms with E-state index in [9.17, 15) is 9.59 Å². The maximum atomic E-state index is 10.2. The molecular weight excluding hydrogens is 120 g/mol. The standard InChI is InChI=1S/C6H8O3/c1-3-6(8)9-4-5(2)7/h3H,1,4H2,2H3. The van der Waals surface area contributed by atoms with E-state index in [0.29, 0.717) is 0 Å². The van der Waals surface area contributed by atoms with Gasteiger partial charge in [-0.25, -0.2) is 4.79 Å². The van der Waals surface area contributed by atoms with Crippen molar-refractivity contribution in [3.63, 3.8) is 0 Å². The normalized spacial score (nSPS) is 8.11. The van der Waals surface area contributed by atoms with Crippen molar-refractivity contribution in [1.29, 1.82) is 0 Å². The Hall–Kier alpha value is -1.12. The van der Waals surface area contributed by atoms with Crippen molar-refractivity contribution in [2.75, 3.05) is 6.61 Å². The number of esters is 1. The number of carbonyl (C=O) groups excluding carboxylic acids is 2. The van der Waals surface area contributed by atoms with Gasteiger partial charge in [-0.05, 0) is 6.92 Å². The monoisotopic (exact) mass is 128 g/mol. The van der Waals surface area contributed by atoms with Crippen LogP contribution in [0.3, 0.4) is 0 Å². The molecule has 0 amide bonds. The van der Waals surface area contributed by atoms with Crippen LogP contribution in [0, 0.1) is 0 Å². The zero-order chi connectivity index (χ0) is 7.28. The average molecular weight is 128 g/mol. The van der Waals surface area contributed by atoms with Gasteiger partial charge in [-0.15, -0.1) is 0 Å². The van der Waals surface area contributed by atoms with Crippen molar-refractivity contribution in [2.45, 2.75) is 6.92 Å². The third-order valence-electron chi connectivity index (χ3n) is 0.584. The van der Waals surface area contributed by atoms with Gasteiger partial charge in [0.1, 0.15) is 6.61 Å². The lowest BCUT2D eigenvalue weighted by Crippen LogP contribution is -2.08. The molecule has 0 spiro atoms. The van der Waals surface area contributed by atoms with Crippen LogP contribution in [-0.4, -0.2) is 18.4 Å². The smallest absolute Gasteiger partial charge is 0.330 e. The van der Waals surface area contributed by atoms with Gasteiger partial charge in [0.25, 0.3) is 0 Å². The first-order valence-electron chi connectivity index (χ1n) is 2.45. The summed E-state index contributed by atoms with van der Waals surface area (Å²) in [7, 11) is 0. The van der Waals surface area contributed by atoms with Gasteiger partial charge in [-0.3, -0.25) is 4.79 Å². The van der Waals surface area contributed by atoms with Gasteiger partial charge in [-0.2, -0.15) is 0 Å². The molecule has 0 radical (unpaired) electrons. The SMILES string of the molecule is C=CC(=O)OCC(C)=O. The lowest BCUT2D eigenvalue weighted by molar-refractivity contribution is -0.142. The highest BCUT2D eigenvalue weighted by molar-refractivity contribution is 5.85. The van der Waals surface area contributed by atoms with E-state index in [2.05, 4.69) is 11.3 Å². The number of hydrogen-bond acceptors (Lipinski definition) is 3. The minimum absolute atomic E-state index is 0.162. The Labute approximate surface area is 53.3 Å². The molecule has 3 heteroatoms. The molecule has 0 bridgehead atoms. The second-order valence-corrected chi connectivity index (χ2v) is 1.51. The van der Waals surface area contributed by atoms with Gasteiger partial charge in [0.15, 0.2) is 5.78 Å². The summed E-state index contributed by atoms with van der Waals surface area (Å²) in [6.07, 6.45) is 1.02. The van der Waals surface area contributed by atoms with E-state index in [0.717, 1.165) is 6.08 Å². The summed E-state index contributed by atoms with van der Waals surface area (Å²) in [6.45, 7) is 4.33. The molecule has 0 rings (SSSR count). The highest BCUT2D eigenvalue weighted by Gasteiger charge is 1.96. The summed E-state index contributed by atoms with van der Waals surface area (Å²) < 4.78 is 4.35. The van der Waals surface area contributed by atoms with Gasteiger partial charge in [0, 0.05) is 6.08 Å². The molecule has 0 aliphatic rings. The molecule has 50 valence electrons. The largest absolute Gasteiger partial charge is 0.455 e. The Morgan fingerprint density at radius 1 is 1.67 bits per heavy atom. The molecule has 0 saturated carbocycles. The summed E-state index contributed by atoms with van der Waals surface area (Å²) in [4.78, 5) is 20.4. The van der Waals surface area contributed by atoms with E-state index in [4.69, 9.17) is 0 Å². The maximum Gasteiger partial charge on any atom is 0.330 e. The van der Waals surface area contributed by atoms with Gasteiger partial charge in [-0.1, -0.05) is 6.58 Å². The van der Waals surface area contributed by atoms with Crippen LogP contribution in [0.5, 0.6) is 0 Å². The van der Waals surface area contributed by atoms with Crippen LogP contribution in [0.1, 0.15) is 6.92 Å². The zero-order valence-electron chi connectivity index (χ0n) is 5.22. The summed E-state index contributed by atoms with van der Waals surface area (Å²) in [5.74, 6) is -0.740. The van der Waals surface area contributed by atoms with E-state index in [-0.39, 0.29) is 12.4 Å². The highest BCUT2D eigenvalue weighted by atomic mass is 16.5. The molecule has 0 N–H and O–H groups in total. The van der Waals surface area contributed by atoms with Gasteiger partial charge < -0.3 is 4.74 Å². The second kappa shape index (κ2) is 3.83. The third-order valence-corrected chi connectivity index (χ3v) is 0.584. The lowest BCUT2D eigenvalue weighted by Gasteiger charge is -1.94. The molecule has 0 aliphatic carbocycles. The van der Waals surface area contributed by atoms with Gasteiger partial charge in [0.05, 0.1) is 0 Å². The summed E-state index contributed by atoms with van der Waals surface area (Å²) in [5.41, 5.74) is 0. The average Bonchev–Trinajstić information content (AvgIpc) is 1.83. The molecule has 0 unspecified atom stereocenters. The van der Waals surface area contributed by atoms with Crippen molar-refractivity contribution in [1.82, 2.24) is 0 Å². The lowest BCUT2D eigenvalue weighted by atomic mass is 10.5. The Kier molecular flexibility index (Phi) is 3.35. The van der Waals surface area contributed by atoms with Gasteiger partial charge in [0.2, 0.25) is 0 Å². The van der Waals surface area contributed by atoms with Crippen LogP contribution < -0.4 is 0 Å². The number of rotatable bonds is 3. The second-order valence-electron chi connectivity index (χ2n) is 1.51. The fraction of sp³-hybridized carbons (Fsp3) is 0.333. The fourth-order valence-electron chi connectivity index (χ4n) is 0.232. The molecule has 0 aromatic rings. The van der Waals surface area contributed by atoms with Crippen LogP contribution >= 0.6 is 0 Å². The van der Waals surface area contributed by atoms with E-state index in [1.165, 1.54) is 6.92 Å². The van der Waals surface area contributed by atoms with Crippen LogP contribution in [0.25, 0.3) is 0 Å². The molecule has 9 heavy (non-hydrogen) atoms. The van der Waals surface area contributed by atoms with Crippen molar-refractivity contribution < 1.29 is 14.3 Å². The maximum absolute atomic E-state index is 10.2. The van der Waals surface area contributed by atoms with E-state index in [1.54, 1.807) is 0 Å². The Morgan fingerprint density at radius 2 is 2.22 bits per heavy atom. The summed E-state index contributed by atoms with van der Waals surface area (Å²) >= 11 is 0. The van der Waals surface area contributed by atoms with Crippen molar-refractivity contribution in [3.05, 3.63) is 12.7 Å². The summed E-state index contributed by atoms with van der Waals surface area (Å²) in [5, 5.41) is 0. The van der Waals surface area contributed by atoms with Gasteiger partial charge >= 0.3 is 5.97 Å². The first kappa shape index (κ1) is 7.88. The van der Waals surface area contributed by atoms with Crippen molar-refractivity contribution >= 4 is 11.8 Å². The quantitative estimate of drug-likeness (QED) is 0.405. The number of ether oxygens (including phenoxy) is 1. The highest BCUT2D eigenvalue weighted by Crippen LogP contribution is 1.78. The summed E-state index contributed by atoms with van der Waals surface area (Å²) in [6, 6.07) is 0. The fourth-order valence-corrected chi connectivity index (χ4v) is 0.232. The van der Waals surface area contributed by atoms with E-state index >= 15 is 0 Å². The number of carbonyl (C=O) groups is 2. The van der Waals surface area contributed by atoms with Crippen molar-refractivity contribution in [2.24, 2.45) is 0 Å². The molecule has 3 nitrogen and oxygen atoms in total. The third kappa shape index (κ3) is 4.74. The zero-order valence-corrected chi connectivity index (χ0v) is 5.22. The molecule has 0 saturated heterocycles. The van der Waals surface area contributed by atoms with Crippen LogP contribution in [0.15, 0.2) is 12.7 Å². The van der Waals surface area contributed by atoms with Crippen molar-refractivity contribution in [3.8, 4) is 0 Å². The van der Waals surface area contributed by atoms with E-state index in [1.807, 2.05) is 0 Å². The molecule has 0 aromatic heterocycles. The van der Waals surface area contributed by atoms with Crippen LogP contribution in [0.2, 0.25) is 0 Å². The first-order chi connectivity index (χ1) is 4.16. The molecule has 0 atom stereocenters. The minimum atomic E-state index is -0.565. The molecule has 0 aliphatic heterocycles. The Morgan fingerprint density at radius 3 is 2.56 bits per heavy atom. The molecule has 0 aromatic carbocycles. The van der Waals surface area contributed by atoms with Crippen LogP contribution in [0.4, 0.5) is 0 Å². The van der Waals surface area contributed by atoms with E-state index < -0.39 is 5.97 Å². The minimum Gasteiger partial charge on any atom is -0.455 e. The van der Waals surface area contributed by atoms with Crippen LogP contribution in [-0.2, 0) is 14.3 Å².